The van der Waals surface area contributed by atoms with Crippen molar-refractivity contribution in [2.75, 3.05) is 0 Å². The van der Waals surface area contributed by atoms with Gasteiger partial charge in [-0.1, -0.05) is 0 Å². The van der Waals surface area contributed by atoms with Gasteiger partial charge in [-0.25, -0.2) is 4.79 Å². The van der Waals surface area contributed by atoms with Gasteiger partial charge in [-0.05, 0) is 45.2 Å². The van der Waals surface area contributed by atoms with Crippen molar-refractivity contribution in [2.24, 2.45) is 0 Å². The Morgan fingerprint density at radius 2 is 2.11 bits per heavy atom. The van der Waals surface area contributed by atoms with Gasteiger partial charge in [0.15, 0.2) is 0 Å². The molecule has 4 amide bonds. The molecule has 146 valence electrons. The van der Waals surface area contributed by atoms with E-state index in [1.807, 2.05) is 6.07 Å². The lowest BCUT2D eigenvalue weighted by molar-refractivity contribution is -0.132. The van der Waals surface area contributed by atoms with E-state index in [0.717, 1.165) is 10.4 Å². The number of hydrogen-bond donors (Lipinski definition) is 2. The molecule has 9 heteroatoms. The average molecular weight is 393 g/mol. The summed E-state index contributed by atoms with van der Waals surface area (Å²) in [5.74, 6) is -0.903. The number of ether oxygens (including phenoxy) is 1. The number of thiophene rings is 1. The molecule has 8 nitrogen and oxygen atoms in total. The molecule has 0 radical (unpaired) electrons. The number of carbonyl (C=O) groups is 4. The maximum absolute atomic E-state index is 12.7. The second-order valence-corrected chi connectivity index (χ2v) is 8.81. The molecule has 1 saturated heterocycles. The highest BCUT2D eigenvalue weighted by Gasteiger charge is 2.39. The first kappa shape index (κ1) is 19.3. The van der Waals surface area contributed by atoms with Gasteiger partial charge in [0.2, 0.25) is 11.8 Å². The molecule has 2 aliphatic rings. The summed E-state index contributed by atoms with van der Waals surface area (Å²) in [5, 5.41) is 5.02. The highest BCUT2D eigenvalue weighted by Crippen LogP contribution is 2.33. The first-order valence-corrected chi connectivity index (χ1v) is 9.69. The van der Waals surface area contributed by atoms with Gasteiger partial charge in [0.05, 0.1) is 11.4 Å². The van der Waals surface area contributed by atoms with Crippen molar-refractivity contribution in [1.82, 2.24) is 15.5 Å². The van der Waals surface area contributed by atoms with Crippen LogP contribution in [0.5, 0.6) is 0 Å². The fraction of sp³-hybridized carbons (Fsp3) is 0.556. The monoisotopic (exact) mass is 393 g/mol. The van der Waals surface area contributed by atoms with E-state index in [1.165, 1.54) is 16.2 Å². The molecule has 27 heavy (non-hydrogen) atoms. The normalized spacial score (nSPS) is 20.2. The van der Waals surface area contributed by atoms with E-state index in [0.29, 0.717) is 30.7 Å². The van der Waals surface area contributed by atoms with Crippen LogP contribution in [-0.4, -0.2) is 40.4 Å². The summed E-state index contributed by atoms with van der Waals surface area (Å²) in [4.78, 5) is 51.1. The molecule has 1 aromatic heterocycles. The lowest BCUT2D eigenvalue weighted by Gasteiger charge is -2.24. The number of rotatable bonds is 3. The van der Waals surface area contributed by atoms with E-state index in [1.54, 1.807) is 20.8 Å². The Kier molecular flexibility index (Phi) is 5.23. The van der Waals surface area contributed by atoms with Crippen LogP contribution < -0.4 is 10.6 Å². The summed E-state index contributed by atoms with van der Waals surface area (Å²) in [7, 11) is 0. The van der Waals surface area contributed by atoms with Crippen LogP contribution in [0.15, 0.2) is 6.07 Å². The van der Waals surface area contributed by atoms with E-state index >= 15 is 0 Å². The van der Waals surface area contributed by atoms with Crippen molar-refractivity contribution in [2.45, 2.75) is 64.8 Å². The number of alkyl carbamates (subject to hydrolysis) is 1. The Bertz CT molecular complexity index is 795. The van der Waals surface area contributed by atoms with Crippen molar-refractivity contribution < 1.29 is 23.9 Å². The minimum absolute atomic E-state index is 0.201. The third kappa shape index (κ3) is 4.47. The zero-order valence-corrected chi connectivity index (χ0v) is 16.4. The summed E-state index contributed by atoms with van der Waals surface area (Å²) in [6.45, 7) is 5.98. The Balaban J connectivity index is 1.63. The number of imide groups is 1. The highest BCUT2D eigenvalue weighted by molar-refractivity contribution is 7.14. The van der Waals surface area contributed by atoms with Gasteiger partial charge in [0.25, 0.3) is 5.91 Å². The fourth-order valence-corrected chi connectivity index (χ4v) is 4.22. The van der Waals surface area contributed by atoms with Gasteiger partial charge in [0.1, 0.15) is 11.6 Å². The van der Waals surface area contributed by atoms with Crippen LogP contribution in [0.4, 0.5) is 4.79 Å². The molecular weight excluding hydrogens is 370 g/mol. The molecule has 1 atom stereocenters. The minimum atomic E-state index is -0.619. The SMILES string of the molecule is CC(C)(C)OC(=O)NCc1cc2c(s1)C(=O)N([C@H]1CCCC(=O)NC1=O)C2. The van der Waals surface area contributed by atoms with Crippen LogP contribution in [0.25, 0.3) is 0 Å². The van der Waals surface area contributed by atoms with Gasteiger partial charge >= 0.3 is 6.09 Å². The Labute approximate surface area is 161 Å². The third-order valence-electron chi connectivity index (χ3n) is 4.28. The molecule has 0 saturated carbocycles. The zero-order valence-electron chi connectivity index (χ0n) is 15.6. The second kappa shape index (κ2) is 7.30. The van der Waals surface area contributed by atoms with Crippen molar-refractivity contribution >= 4 is 35.2 Å². The Hall–Kier alpha value is -2.42. The summed E-state index contributed by atoms with van der Waals surface area (Å²) in [5.41, 5.74) is 0.271. The molecular formula is C18H23N3O5S. The van der Waals surface area contributed by atoms with Crippen LogP contribution >= 0.6 is 11.3 Å². The number of hydrogen-bond acceptors (Lipinski definition) is 6. The number of amides is 4. The number of nitrogens with zero attached hydrogens (tertiary/aromatic N) is 1. The van der Waals surface area contributed by atoms with Crippen molar-refractivity contribution in [3.05, 3.63) is 21.4 Å². The number of nitrogens with one attached hydrogen (secondary N) is 2. The molecule has 1 fully saturated rings. The first-order valence-electron chi connectivity index (χ1n) is 8.87. The van der Waals surface area contributed by atoms with Crippen LogP contribution in [0.3, 0.4) is 0 Å². The summed E-state index contributed by atoms with van der Waals surface area (Å²) >= 11 is 1.30. The molecule has 0 bridgehead atoms. The van der Waals surface area contributed by atoms with E-state index < -0.39 is 23.6 Å². The molecule has 0 aliphatic carbocycles. The van der Waals surface area contributed by atoms with E-state index in [9.17, 15) is 19.2 Å². The third-order valence-corrected chi connectivity index (χ3v) is 5.45. The topological polar surface area (TPSA) is 105 Å². The molecule has 0 unspecified atom stereocenters. The van der Waals surface area contributed by atoms with Gasteiger partial charge in [-0.2, -0.15) is 0 Å². The lowest BCUT2D eigenvalue weighted by atomic mass is 10.1. The Morgan fingerprint density at radius 3 is 2.78 bits per heavy atom. The summed E-state index contributed by atoms with van der Waals surface area (Å²) < 4.78 is 5.19. The maximum Gasteiger partial charge on any atom is 0.407 e. The van der Waals surface area contributed by atoms with Crippen LogP contribution in [0, 0.1) is 0 Å². The van der Waals surface area contributed by atoms with Crippen molar-refractivity contribution in [3.8, 4) is 0 Å². The maximum atomic E-state index is 12.7. The lowest BCUT2D eigenvalue weighted by Crippen LogP contribution is -2.46. The van der Waals surface area contributed by atoms with Crippen LogP contribution in [0.2, 0.25) is 0 Å². The summed E-state index contributed by atoms with van der Waals surface area (Å²) in [6.07, 6.45) is 0.839. The van der Waals surface area contributed by atoms with Crippen LogP contribution in [-0.2, 0) is 27.4 Å². The molecule has 2 N–H and O–H groups in total. The quantitative estimate of drug-likeness (QED) is 0.764. The van der Waals surface area contributed by atoms with E-state index in [2.05, 4.69) is 10.6 Å². The minimum Gasteiger partial charge on any atom is -0.444 e. The predicted octanol–water partition coefficient (Wildman–Crippen LogP) is 1.92. The van der Waals surface area contributed by atoms with Crippen molar-refractivity contribution in [3.63, 3.8) is 0 Å². The van der Waals surface area contributed by atoms with Gasteiger partial charge in [-0.15, -0.1) is 11.3 Å². The van der Waals surface area contributed by atoms with Gasteiger partial charge in [0, 0.05) is 17.8 Å². The highest BCUT2D eigenvalue weighted by atomic mass is 32.1. The van der Waals surface area contributed by atoms with Gasteiger partial charge < -0.3 is 15.0 Å². The van der Waals surface area contributed by atoms with Crippen molar-refractivity contribution in [1.29, 1.82) is 0 Å². The molecule has 0 aromatic carbocycles. The molecule has 2 aliphatic heterocycles. The first-order chi connectivity index (χ1) is 12.6. The smallest absolute Gasteiger partial charge is 0.407 e. The molecule has 0 spiro atoms. The number of carbonyl (C=O) groups excluding carboxylic acids is 4. The second-order valence-electron chi connectivity index (χ2n) is 7.68. The van der Waals surface area contributed by atoms with Gasteiger partial charge in [-0.3, -0.25) is 19.7 Å². The summed E-state index contributed by atoms with van der Waals surface area (Å²) in [6, 6.07) is 1.25. The average Bonchev–Trinajstić information content (AvgIpc) is 3.01. The standard InChI is InChI=1S/C18H23N3O5S/c1-18(2,3)26-17(25)19-8-11-7-10-9-21(16(24)14(10)27-11)12-5-4-6-13(22)20-15(12)23/h7,12H,4-6,8-9H2,1-3H3,(H,19,25)(H,20,22,23)/t12-/m0/s1. The molecule has 1 aromatic rings. The van der Waals surface area contributed by atoms with E-state index in [-0.39, 0.29) is 18.4 Å². The molecule has 3 rings (SSSR count). The Morgan fingerprint density at radius 1 is 1.37 bits per heavy atom. The van der Waals surface area contributed by atoms with E-state index in [4.69, 9.17) is 4.74 Å². The predicted molar refractivity (Wildman–Crippen MR) is 98.1 cm³/mol. The molecule has 3 heterocycles. The largest absolute Gasteiger partial charge is 0.444 e. The fourth-order valence-electron chi connectivity index (χ4n) is 3.15. The van der Waals surface area contributed by atoms with Crippen LogP contribution in [0.1, 0.15) is 60.1 Å². The number of fused-ring (bicyclic) bond motifs is 1. The zero-order chi connectivity index (χ0) is 19.8.